The molecular weight excluding hydrogens is 118 g/mol. The first-order chi connectivity index (χ1) is 4.13. The lowest BCUT2D eigenvalue weighted by molar-refractivity contribution is -0.137. The highest BCUT2D eigenvalue weighted by atomic mass is 16.2. The van der Waals surface area contributed by atoms with Gasteiger partial charge >= 0.3 is 0 Å². The van der Waals surface area contributed by atoms with E-state index in [-0.39, 0.29) is 24.2 Å². The van der Waals surface area contributed by atoms with Crippen molar-refractivity contribution in [2.45, 2.75) is 6.42 Å². The van der Waals surface area contributed by atoms with E-state index in [0.29, 0.717) is 0 Å². The van der Waals surface area contributed by atoms with Gasteiger partial charge in [0, 0.05) is 13.5 Å². The lowest BCUT2D eigenvalue weighted by Gasteiger charge is -2.06. The average Bonchev–Trinajstić information content (AvgIpc) is 1.98. The second-order valence-corrected chi connectivity index (χ2v) is 2.19. The summed E-state index contributed by atoms with van der Waals surface area (Å²) in [7, 11) is 1.48. The van der Waals surface area contributed by atoms with Crippen LogP contribution < -0.4 is 0 Å². The van der Waals surface area contributed by atoms with Gasteiger partial charge in [-0.15, -0.1) is 0 Å². The highest BCUT2D eigenvalue weighted by molar-refractivity contribution is 6.03. The summed E-state index contributed by atoms with van der Waals surface area (Å²) < 4.78 is 0. The Morgan fingerprint density at radius 2 is 2.22 bits per heavy atom. The summed E-state index contributed by atoms with van der Waals surface area (Å²) in [5.41, 5.74) is 0. The molecule has 3 nitrogen and oxygen atoms in total. The van der Waals surface area contributed by atoms with Crippen LogP contribution in [0.1, 0.15) is 6.42 Å². The van der Waals surface area contributed by atoms with Gasteiger partial charge in [-0.25, -0.2) is 0 Å². The molecule has 0 aromatic heterocycles. The summed E-state index contributed by atoms with van der Waals surface area (Å²) >= 11 is 0. The molecule has 1 aliphatic heterocycles. The molecule has 0 radical (unpaired) electrons. The fraction of sp³-hybridized carbons (Fsp3) is 0.500. The zero-order chi connectivity index (χ0) is 7.02. The third-order valence-electron chi connectivity index (χ3n) is 1.47. The molecule has 0 N–H and O–H groups in total. The SMILES string of the molecule is [CH2-]C1CC(=O)N(C)C1=O. The largest absolute Gasteiger partial charge is 0.331 e. The summed E-state index contributed by atoms with van der Waals surface area (Å²) in [5.74, 6) is -0.637. The third-order valence-corrected chi connectivity index (χ3v) is 1.47. The second-order valence-electron chi connectivity index (χ2n) is 2.19. The minimum Gasteiger partial charge on any atom is -0.331 e. The molecule has 2 amide bonds. The van der Waals surface area contributed by atoms with Gasteiger partial charge in [0.2, 0.25) is 11.8 Å². The smallest absolute Gasteiger partial charge is 0.226 e. The van der Waals surface area contributed by atoms with E-state index in [1.54, 1.807) is 0 Å². The van der Waals surface area contributed by atoms with Crippen LogP contribution >= 0.6 is 0 Å². The molecule has 0 spiro atoms. The van der Waals surface area contributed by atoms with Crippen LogP contribution in [0.5, 0.6) is 0 Å². The van der Waals surface area contributed by atoms with Crippen molar-refractivity contribution in [3.63, 3.8) is 0 Å². The minimum atomic E-state index is -0.345. The summed E-state index contributed by atoms with van der Waals surface area (Å²) in [6, 6.07) is 0. The number of amides is 2. The summed E-state index contributed by atoms with van der Waals surface area (Å²) in [4.78, 5) is 22.5. The molecule has 3 heteroatoms. The molecule has 1 atom stereocenters. The van der Waals surface area contributed by atoms with E-state index in [1.807, 2.05) is 0 Å². The molecule has 1 saturated heterocycles. The van der Waals surface area contributed by atoms with E-state index in [9.17, 15) is 9.59 Å². The predicted octanol–water partition coefficient (Wildman–Crippen LogP) is -0.175. The van der Waals surface area contributed by atoms with Gasteiger partial charge in [-0.1, -0.05) is 5.92 Å². The Bertz CT molecular complexity index is 164. The molecule has 1 aliphatic rings. The van der Waals surface area contributed by atoms with Crippen molar-refractivity contribution in [1.29, 1.82) is 0 Å². The van der Waals surface area contributed by atoms with Gasteiger partial charge in [0.05, 0.1) is 0 Å². The van der Waals surface area contributed by atoms with E-state index >= 15 is 0 Å². The van der Waals surface area contributed by atoms with Crippen LogP contribution in [0.4, 0.5) is 0 Å². The van der Waals surface area contributed by atoms with E-state index in [1.165, 1.54) is 7.05 Å². The van der Waals surface area contributed by atoms with Crippen molar-refractivity contribution in [1.82, 2.24) is 4.90 Å². The third kappa shape index (κ3) is 0.823. The van der Waals surface area contributed by atoms with Gasteiger partial charge in [-0.05, 0) is 0 Å². The zero-order valence-corrected chi connectivity index (χ0v) is 5.26. The summed E-state index contributed by atoms with van der Waals surface area (Å²) in [5, 5.41) is 0. The molecule has 0 bridgehead atoms. The first kappa shape index (κ1) is 6.26. The minimum absolute atomic E-state index is 0.125. The number of nitrogens with zero attached hydrogens (tertiary/aromatic N) is 1. The van der Waals surface area contributed by atoms with Crippen LogP contribution in [0, 0.1) is 12.8 Å². The van der Waals surface area contributed by atoms with Crippen LogP contribution in [0.3, 0.4) is 0 Å². The number of rotatable bonds is 0. The Morgan fingerprint density at radius 3 is 2.33 bits per heavy atom. The van der Waals surface area contributed by atoms with Crippen LogP contribution in [-0.2, 0) is 9.59 Å². The van der Waals surface area contributed by atoms with E-state index in [2.05, 4.69) is 6.92 Å². The number of carbonyl (C=O) groups excluding carboxylic acids is 2. The summed E-state index contributed by atoms with van der Waals surface area (Å²) in [6.07, 6.45) is 0.273. The quantitative estimate of drug-likeness (QED) is 0.333. The number of hydrogen-bond acceptors (Lipinski definition) is 2. The summed E-state index contributed by atoms with van der Waals surface area (Å²) in [6.45, 7) is 3.51. The number of carbonyl (C=O) groups is 2. The predicted molar refractivity (Wildman–Crippen MR) is 31.2 cm³/mol. The van der Waals surface area contributed by atoms with E-state index in [0.717, 1.165) is 4.90 Å². The normalized spacial score (nSPS) is 27.8. The number of likely N-dealkylation sites (tertiary alicyclic amines) is 1. The van der Waals surface area contributed by atoms with Crippen LogP contribution in [0.25, 0.3) is 0 Å². The van der Waals surface area contributed by atoms with Crippen LogP contribution in [-0.4, -0.2) is 23.8 Å². The van der Waals surface area contributed by atoms with Crippen molar-refractivity contribution in [3.8, 4) is 0 Å². The standard InChI is InChI=1S/C6H8NO2/c1-4-3-5(8)7(2)6(4)9/h4H,1,3H2,2H3/q-1. The van der Waals surface area contributed by atoms with Crippen molar-refractivity contribution < 1.29 is 9.59 Å². The van der Waals surface area contributed by atoms with Crippen molar-refractivity contribution in [2.24, 2.45) is 5.92 Å². The Kier molecular flexibility index (Phi) is 1.27. The monoisotopic (exact) mass is 126 g/mol. The molecule has 1 unspecified atom stereocenters. The number of imide groups is 1. The van der Waals surface area contributed by atoms with Gasteiger partial charge in [0.25, 0.3) is 0 Å². The van der Waals surface area contributed by atoms with Gasteiger partial charge in [0.1, 0.15) is 0 Å². The molecule has 50 valence electrons. The average molecular weight is 126 g/mol. The molecule has 0 saturated carbocycles. The van der Waals surface area contributed by atoms with Gasteiger partial charge < -0.3 is 6.92 Å². The Morgan fingerprint density at radius 1 is 1.67 bits per heavy atom. The zero-order valence-electron chi connectivity index (χ0n) is 5.26. The molecular formula is C6H8NO2-. The molecule has 1 fully saturated rings. The van der Waals surface area contributed by atoms with Crippen molar-refractivity contribution >= 4 is 11.8 Å². The second kappa shape index (κ2) is 1.83. The first-order valence-electron chi connectivity index (χ1n) is 2.76. The maximum atomic E-state index is 10.8. The Labute approximate surface area is 53.6 Å². The van der Waals surface area contributed by atoms with Gasteiger partial charge in [0.15, 0.2) is 0 Å². The highest BCUT2D eigenvalue weighted by Crippen LogP contribution is 2.15. The molecule has 9 heavy (non-hydrogen) atoms. The molecule has 0 aliphatic carbocycles. The van der Waals surface area contributed by atoms with Crippen molar-refractivity contribution in [3.05, 3.63) is 6.92 Å². The van der Waals surface area contributed by atoms with Gasteiger partial charge in [-0.3, -0.25) is 14.5 Å². The van der Waals surface area contributed by atoms with Crippen LogP contribution in [0.15, 0.2) is 0 Å². The highest BCUT2D eigenvalue weighted by Gasteiger charge is 2.27. The molecule has 0 aromatic rings. The van der Waals surface area contributed by atoms with E-state index < -0.39 is 0 Å². The topological polar surface area (TPSA) is 37.4 Å². The lowest BCUT2D eigenvalue weighted by atomic mass is 10.1. The van der Waals surface area contributed by atoms with Crippen LogP contribution in [0.2, 0.25) is 0 Å². The molecule has 0 aromatic carbocycles. The molecule has 1 rings (SSSR count). The fourth-order valence-electron chi connectivity index (χ4n) is 0.832. The molecule has 1 heterocycles. The maximum Gasteiger partial charge on any atom is 0.226 e. The van der Waals surface area contributed by atoms with Crippen molar-refractivity contribution in [2.75, 3.05) is 7.05 Å². The lowest BCUT2D eigenvalue weighted by Crippen LogP contribution is -2.25. The fourth-order valence-corrected chi connectivity index (χ4v) is 0.832. The maximum absolute atomic E-state index is 10.8. The van der Waals surface area contributed by atoms with Gasteiger partial charge in [-0.2, -0.15) is 0 Å². The number of hydrogen-bond donors (Lipinski definition) is 0. The van der Waals surface area contributed by atoms with E-state index in [4.69, 9.17) is 0 Å². The first-order valence-corrected chi connectivity index (χ1v) is 2.76. The Hall–Kier alpha value is -0.860. The Balaban J connectivity index is 2.77.